The molecule has 2 rings (SSSR count). The van der Waals surface area contributed by atoms with Crippen LogP contribution in [-0.2, 0) is 4.79 Å². The molecule has 0 saturated carbocycles. The maximum Gasteiger partial charge on any atom is 0.252 e. The second kappa shape index (κ2) is 4.40. The Morgan fingerprint density at radius 2 is 2.06 bits per heavy atom. The van der Waals surface area contributed by atoms with E-state index in [1.807, 2.05) is 0 Å². The second-order valence-electron chi connectivity index (χ2n) is 3.52. The van der Waals surface area contributed by atoms with E-state index in [0.717, 1.165) is 0 Å². The van der Waals surface area contributed by atoms with Gasteiger partial charge < -0.3 is 19.9 Å². The standard InChI is InChI=1S/C11H13NO4/c1-7(13)11(14)12-8-2-3-9-10(6-8)16-5-4-15-9/h2-3,6-7,13H,4-5H2,1H3,(H,12,14). The lowest BCUT2D eigenvalue weighted by molar-refractivity contribution is -0.123. The van der Waals surface area contributed by atoms with Crippen LogP contribution in [0.1, 0.15) is 6.92 Å². The van der Waals surface area contributed by atoms with Crippen molar-refractivity contribution >= 4 is 11.6 Å². The van der Waals surface area contributed by atoms with Crippen molar-refractivity contribution in [1.29, 1.82) is 0 Å². The van der Waals surface area contributed by atoms with Gasteiger partial charge >= 0.3 is 0 Å². The van der Waals surface area contributed by atoms with Crippen LogP contribution in [-0.4, -0.2) is 30.3 Å². The molecule has 0 aliphatic carbocycles. The molecule has 0 saturated heterocycles. The molecule has 86 valence electrons. The van der Waals surface area contributed by atoms with Crippen LogP contribution in [0.2, 0.25) is 0 Å². The highest BCUT2D eigenvalue weighted by Gasteiger charge is 2.14. The zero-order valence-electron chi connectivity index (χ0n) is 8.90. The minimum absolute atomic E-state index is 0.448. The second-order valence-corrected chi connectivity index (χ2v) is 3.52. The van der Waals surface area contributed by atoms with E-state index in [2.05, 4.69) is 5.32 Å². The van der Waals surface area contributed by atoms with Gasteiger partial charge in [0.15, 0.2) is 11.5 Å². The molecule has 5 nitrogen and oxygen atoms in total. The third kappa shape index (κ3) is 2.25. The fraction of sp³-hybridized carbons (Fsp3) is 0.364. The van der Waals surface area contributed by atoms with Crippen LogP contribution in [0.5, 0.6) is 11.5 Å². The number of carbonyl (C=O) groups excluding carboxylic acids is 1. The SMILES string of the molecule is CC(O)C(=O)Nc1ccc2c(c1)OCCO2. The van der Waals surface area contributed by atoms with Crippen LogP contribution < -0.4 is 14.8 Å². The zero-order chi connectivity index (χ0) is 11.5. The Labute approximate surface area is 93.0 Å². The summed E-state index contributed by atoms with van der Waals surface area (Å²) in [7, 11) is 0. The van der Waals surface area contributed by atoms with E-state index in [9.17, 15) is 4.79 Å². The van der Waals surface area contributed by atoms with Gasteiger partial charge in [-0.3, -0.25) is 4.79 Å². The molecule has 1 aliphatic rings. The number of aliphatic hydroxyl groups is 1. The van der Waals surface area contributed by atoms with Gasteiger partial charge in [0.1, 0.15) is 19.3 Å². The molecule has 5 heteroatoms. The van der Waals surface area contributed by atoms with E-state index < -0.39 is 12.0 Å². The smallest absolute Gasteiger partial charge is 0.252 e. The fourth-order valence-electron chi connectivity index (χ4n) is 1.37. The number of ether oxygens (including phenoxy) is 2. The van der Waals surface area contributed by atoms with Crippen LogP contribution in [0.25, 0.3) is 0 Å². The molecule has 0 fully saturated rings. The Hall–Kier alpha value is -1.75. The summed E-state index contributed by atoms with van der Waals surface area (Å²) in [6, 6.07) is 5.11. The van der Waals surface area contributed by atoms with Crippen molar-refractivity contribution in [3.05, 3.63) is 18.2 Å². The topological polar surface area (TPSA) is 67.8 Å². The first-order valence-electron chi connectivity index (χ1n) is 5.05. The summed E-state index contributed by atoms with van der Waals surface area (Å²) >= 11 is 0. The Balaban J connectivity index is 2.14. The number of carbonyl (C=O) groups is 1. The molecule has 0 spiro atoms. The number of hydrogen-bond donors (Lipinski definition) is 2. The van der Waals surface area contributed by atoms with Gasteiger partial charge in [0.2, 0.25) is 0 Å². The van der Waals surface area contributed by atoms with Crippen LogP contribution >= 0.6 is 0 Å². The van der Waals surface area contributed by atoms with Crippen molar-refractivity contribution in [3.8, 4) is 11.5 Å². The molecule has 1 unspecified atom stereocenters. The van der Waals surface area contributed by atoms with Crippen molar-refractivity contribution in [3.63, 3.8) is 0 Å². The third-order valence-electron chi connectivity index (χ3n) is 2.19. The van der Waals surface area contributed by atoms with E-state index in [4.69, 9.17) is 14.6 Å². The lowest BCUT2D eigenvalue weighted by atomic mass is 10.2. The van der Waals surface area contributed by atoms with E-state index in [1.54, 1.807) is 18.2 Å². The number of benzene rings is 1. The molecule has 1 aromatic carbocycles. The molecule has 1 amide bonds. The first-order chi connectivity index (χ1) is 7.66. The summed E-state index contributed by atoms with van der Waals surface area (Å²) in [6.45, 7) is 2.44. The Bertz CT molecular complexity index is 403. The molecule has 1 aromatic rings. The largest absolute Gasteiger partial charge is 0.486 e. The van der Waals surface area contributed by atoms with Gasteiger partial charge in [-0.15, -0.1) is 0 Å². The predicted octanol–water partition coefficient (Wildman–Crippen LogP) is 0.777. The Kier molecular flexibility index (Phi) is 2.96. The van der Waals surface area contributed by atoms with Crippen molar-refractivity contribution in [2.45, 2.75) is 13.0 Å². The van der Waals surface area contributed by atoms with Crippen LogP contribution in [0.4, 0.5) is 5.69 Å². The summed E-state index contributed by atoms with van der Waals surface area (Å²) in [5.74, 6) is 0.826. The van der Waals surface area contributed by atoms with Crippen LogP contribution in [0.3, 0.4) is 0 Å². The third-order valence-corrected chi connectivity index (χ3v) is 2.19. The van der Waals surface area contributed by atoms with Gasteiger partial charge in [0, 0.05) is 11.8 Å². The number of amides is 1. The summed E-state index contributed by atoms with van der Waals surface area (Å²) in [5, 5.41) is 11.6. The lowest BCUT2D eigenvalue weighted by Gasteiger charge is -2.19. The molecule has 1 aliphatic heterocycles. The Morgan fingerprint density at radius 3 is 2.75 bits per heavy atom. The minimum Gasteiger partial charge on any atom is -0.486 e. The first kappa shape index (κ1) is 10.8. The number of fused-ring (bicyclic) bond motifs is 1. The molecule has 2 N–H and O–H groups in total. The maximum atomic E-state index is 11.2. The first-order valence-corrected chi connectivity index (χ1v) is 5.05. The molecular formula is C11H13NO4. The molecule has 1 atom stereocenters. The van der Waals surface area contributed by atoms with Gasteiger partial charge in [-0.1, -0.05) is 0 Å². The van der Waals surface area contributed by atoms with Crippen LogP contribution in [0.15, 0.2) is 18.2 Å². The number of nitrogens with one attached hydrogen (secondary N) is 1. The van der Waals surface area contributed by atoms with Crippen molar-refractivity contribution in [2.75, 3.05) is 18.5 Å². The molecular weight excluding hydrogens is 210 g/mol. The van der Waals surface area contributed by atoms with E-state index in [-0.39, 0.29) is 0 Å². The van der Waals surface area contributed by atoms with Crippen molar-refractivity contribution in [2.24, 2.45) is 0 Å². The highest BCUT2D eigenvalue weighted by Crippen LogP contribution is 2.32. The zero-order valence-corrected chi connectivity index (χ0v) is 8.90. The van der Waals surface area contributed by atoms with Gasteiger partial charge in [-0.25, -0.2) is 0 Å². The molecule has 1 heterocycles. The van der Waals surface area contributed by atoms with Gasteiger partial charge in [0.25, 0.3) is 5.91 Å². The normalized spacial score (nSPS) is 15.4. The highest BCUT2D eigenvalue weighted by atomic mass is 16.6. The van der Waals surface area contributed by atoms with Crippen molar-refractivity contribution in [1.82, 2.24) is 0 Å². The van der Waals surface area contributed by atoms with E-state index >= 15 is 0 Å². The average molecular weight is 223 g/mol. The predicted molar refractivity (Wildman–Crippen MR) is 57.7 cm³/mol. The molecule has 0 bridgehead atoms. The number of hydrogen-bond acceptors (Lipinski definition) is 4. The Morgan fingerprint density at radius 1 is 1.38 bits per heavy atom. The van der Waals surface area contributed by atoms with E-state index in [0.29, 0.717) is 30.4 Å². The maximum absolute atomic E-state index is 11.2. The minimum atomic E-state index is -1.03. The molecule has 0 aromatic heterocycles. The van der Waals surface area contributed by atoms with Gasteiger partial charge in [-0.05, 0) is 19.1 Å². The summed E-state index contributed by atoms with van der Waals surface area (Å²) in [6.07, 6.45) is -1.03. The molecule has 16 heavy (non-hydrogen) atoms. The summed E-state index contributed by atoms with van der Waals surface area (Å²) < 4.78 is 10.7. The summed E-state index contributed by atoms with van der Waals surface area (Å²) in [5.41, 5.74) is 0.579. The number of rotatable bonds is 2. The van der Waals surface area contributed by atoms with Crippen LogP contribution in [0, 0.1) is 0 Å². The fourth-order valence-corrected chi connectivity index (χ4v) is 1.37. The van der Waals surface area contributed by atoms with Crippen molar-refractivity contribution < 1.29 is 19.4 Å². The number of anilines is 1. The van der Waals surface area contributed by atoms with Gasteiger partial charge in [-0.2, -0.15) is 0 Å². The van der Waals surface area contributed by atoms with E-state index in [1.165, 1.54) is 6.92 Å². The number of aliphatic hydroxyl groups excluding tert-OH is 1. The highest BCUT2D eigenvalue weighted by molar-refractivity contribution is 5.93. The quantitative estimate of drug-likeness (QED) is 0.777. The summed E-state index contributed by atoms with van der Waals surface area (Å²) in [4.78, 5) is 11.2. The average Bonchev–Trinajstić information content (AvgIpc) is 2.28. The molecule has 0 radical (unpaired) electrons. The monoisotopic (exact) mass is 223 g/mol. The lowest BCUT2D eigenvalue weighted by Crippen LogP contribution is -2.24. The van der Waals surface area contributed by atoms with Gasteiger partial charge in [0.05, 0.1) is 0 Å².